The number of rotatable bonds is 5. The number of pyridine rings is 2. The minimum Gasteiger partial charge on any atom is -0.481 e. The zero-order valence-electron chi connectivity index (χ0n) is 12.8. The predicted octanol–water partition coefficient (Wildman–Crippen LogP) is 1.87. The molecule has 22 heavy (non-hydrogen) atoms. The van der Waals surface area contributed by atoms with Crippen LogP contribution in [0.3, 0.4) is 0 Å². The van der Waals surface area contributed by atoms with Crippen molar-refractivity contribution in [2.75, 3.05) is 31.4 Å². The van der Waals surface area contributed by atoms with E-state index in [9.17, 15) is 4.79 Å². The number of hydrogen-bond acceptors (Lipinski definition) is 5. The molecule has 7 nitrogen and oxygen atoms in total. The molecule has 0 aliphatic rings. The summed E-state index contributed by atoms with van der Waals surface area (Å²) in [6.07, 6.45) is 3.26. The summed E-state index contributed by atoms with van der Waals surface area (Å²) in [6.45, 7) is 0.415. The summed E-state index contributed by atoms with van der Waals surface area (Å²) in [5.41, 5.74) is 1.57. The molecule has 0 aliphatic heterocycles. The monoisotopic (exact) mass is 301 g/mol. The number of methoxy groups -OCH3 is 1. The van der Waals surface area contributed by atoms with Gasteiger partial charge in [-0.15, -0.1) is 0 Å². The number of carbonyl (C=O) groups excluding carboxylic acids is 1. The molecule has 0 spiro atoms. The van der Waals surface area contributed by atoms with Crippen LogP contribution < -0.4 is 20.3 Å². The van der Waals surface area contributed by atoms with Gasteiger partial charge in [-0.25, -0.2) is 14.8 Å². The molecule has 0 aliphatic carbocycles. The Morgan fingerprint density at radius 2 is 2.09 bits per heavy atom. The van der Waals surface area contributed by atoms with Crippen molar-refractivity contribution >= 4 is 17.5 Å². The molecular formula is C15H19N5O2. The van der Waals surface area contributed by atoms with Crippen molar-refractivity contribution in [3.05, 3.63) is 42.2 Å². The Morgan fingerprint density at radius 3 is 2.73 bits per heavy atom. The van der Waals surface area contributed by atoms with Crippen LogP contribution in [0, 0.1) is 0 Å². The van der Waals surface area contributed by atoms with Crippen LogP contribution in [0.2, 0.25) is 0 Å². The van der Waals surface area contributed by atoms with Crippen LogP contribution in [0.25, 0.3) is 0 Å². The molecule has 2 heterocycles. The van der Waals surface area contributed by atoms with Gasteiger partial charge in [-0.05, 0) is 23.8 Å². The van der Waals surface area contributed by atoms with Gasteiger partial charge in [-0.3, -0.25) is 0 Å². The van der Waals surface area contributed by atoms with Gasteiger partial charge in [0.2, 0.25) is 5.88 Å². The smallest absolute Gasteiger partial charge is 0.319 e. The number of aromatic nitrogens is 2. The van der Waals surface area contributed by atoms with Gasteiger partial charge in [0, 0.05) is 32.9 Å². The molecule has 0 saturated heterocycles. The molecule has 2 rings (SSSR count). The van der Waals surface area contributed by atoms with Crippen LogP contribution >= 0.6 is 0 Å². The van der Waals surface area contributed by atoms with Gasteiger partial charge < -0.3 is 20.3 Å². The topological polar surface area (TPSA) is 79.4 Å². The molecule has 0 saturated carbocycles. The fraction of sp³-hybridized carbons (Fsp3) is 0.267. The standard InChI is InChI=1S/C15H19N5O2/c1-20(2)13-8-11(6-7-16-13)9-18-15(21)19-12-4-5-14(22-3)17-10-12/h4-8,10H,9H2,1-3H3,(H2,18,19,21). The lowest BCUT2D eigenvalue weighted by molar-refractivity contribution is 0.251. The highest BCUT2D eigenvalue weighted by Gasteiger charge is 2.04. The SMILES string of the molecule is COc1ccc(NC(=O)NCc2ccnc(N(C)C)c2)cn1. The lowest BCUT2D eigenvalue weighted by atomic mass is 10.2. The van der Waals surface area contributed by atoms with Gasteiger partial charge in [0.15, 0.2) is 0 Å². The summed E-state index contributed by atoms with van der Waals surface area (Å²) >= 11 is 0. The maximum atomic E-state index is 11.9. The first-order valence-corrected chi connectivity index (χ1v) is 6.75. The Balaban J connectivity index is 1.88. The Labute approximate surface area is 129 Å². The van der Waals surface area contributed by atoms with E-state index in [0.29, 0.717) is 18.1 Å². The molecule has 0 radical (unpaired) electrons. The summed E-state index contributed by atoms with van der Waals surface area (Å²) in [5.74, 6) is 1.35. The lowest BCUT2D eigenvalue weighted by Gasteiger charge is -2.12. The summed E-state index contributed by atoms with van der Waals surface area (Å²) in [6, 6.07) is 6.90. The molecule has 0 aromatic carbocycles. The van der Waals surface area contributed by atoms with Crippen LogP contribution in [-0.4, -0.2) is 37.2 Å². The van der Waals surface area contributed by atoms with Crippen LogP contribution in [-0.2, 0) is 6.54 Å². The molecule has 2 aromatic heterocycles. The Bertz CT molecular complexity index is 628. The molecule has 0 atom stereocenters. The maximum absolute atomic E-state index is 11.9. The third kappa shape index (κ3) is 4.34. The number of hydrogen-bond donors (Lipinski definition) is 2. The van der Waals surface area contributed by atoms with Crippen LogP contribution in [0.1, 0.15) is 5.56 Å². The van der Waals surface area contributed by atoms with Gasteiger partial charge >= 0.3 is 6.03 Å². The first-order valence-electron chi connectivity index (χ1n) is 6.75. The van der Waals surface area contributed by atoms with Gasteiger partial charge in [0.05, 0.1) is 19.0 Å². The van der Waals surface area contributed by atoms with Crippen molar-refractivity contribution in [3.8, 4) is 5.88 Å². The Kier molecular flexibility index (Phi) is 5.13. The van der Waals surface area contributed by atoms with Crippen molar-refractivity contribution in [2.45, 2.75) is 6.54 Å². The van der Waals surface area contributed by atoms with Crippen molar-refractivity contribution in [1.82, 2.24) is 15.3 Å². The second-order valence-corrected chi connectivity index (χ2v) is 4.81. The number of nitrogens with zero attached hydrogens (tertiary/aromatic N) is 3. The normalized spacial score (nSPS) is 9.95. The molecule has 2 aromatic rings. The zero-order valence-corrected chi connectivity index (χ0v) is 12.8. The van der Waals surface area contributed by atoms with Crippen LogP contribution in [0.15, 0.2) is 36.7 Å². The van der Waals surface area contributed by atoms with Crippen LogP contribution in [0.4, 0.5) is 16.3 Å². The third-order valence-electron chi connectivity index (χ3n) is 2.92. The molecular weight excluding hydrogens is 282 g/mol. The van der Waals surface area contributed by atoms with E-state index in [1.807, 2.05) is 31.1 Å². The van der Waals surface area contributed by atoms with Gasteiger partial charge in [-0.1, -0.05) is 0 Å². The summed E-state index contributed by atoms with van der Waals surface area (Å²) in [5, 5.41) is 5.49. The van der Waals surface area contributed by atoms with E-state index >= 15 is 0 Å². The summed E-state index contributed by atoms with van der Waals surface area (Å²) in [4.78, 5) is 22.0. The quantitative estimate of drug-likeness (QED) is 0.881. The first-order chi connectivity index (χ1) is 10.6. The zero-order chi connectivity index (χ0) is 15.9. The average Bonchev–Trinajstić information content (AvgIpc) is 2.54. The number of urea groups is 1. The van der Waals surface area contributed by atoms with Gasteiger partial charge in [0.25, 0.3) is 0 Å². The first kappa shape index (κ1) is 15.6. The van der Waals surface area contributed by atoms with E-state index in [2.05, 4.69) is 20.6 Å². The van der Waals surface area contributed by atoms with Crippen LogP contribution in [0.5, 0.6) is 5.88 Å². The minimum absolute atomic E-state index is 0.296. The largest absolute Gasteiger partial charge is 0.481 e. The molecule has 0 fully saturated rings. The fourth-order valence-corrected chi connectivity index (χ4v) is 1.75. The highest BCUT2D eigenvalue weighted by Crippen LogP contribution is 2.11. The van der Waals surface area contributed by atoms with E-state index in [4.69, 9.17) is 4.74 Å². The van der Waals surface area contributed by atoms with Gasteiger partial charge in [0.1, 0.15) is 5.82 Å². The molecule has 0 unspecified atom stereocenters. The fourth-order valence-electron chi connectivity index (χ4n) is 1.75. The van der Waals surface area contributed by atoms with Crippen molar-refractivity contribution in [1.29, 1.82) is 0 Å². The highest BCUT2D eigenvalue weighted by molar-refractivity contribution is 5.88. The molecule has 0 bridgehead atoms. The third-order valence-corrected chi connectivity index (χ3v) is 2.92. The number of nitrogens with one attached hydrogen (secondary N) is 2. The number of ether oxygens (including phenoxy) is 1. The van der Waals surface area contributed by atoms with Crippen molar-refractivity contribution < 1.29 is 9.53 Å². The van der Waals surface area contributed by atoms with E-state index in [-0.39, 0.29) is 6.03 Å². The second-order valence-electron chi connectivity index (χ2n) is 4.81. The number of amides is 2. The predicted molar refractivity (Wildman–Crippen MR) is 85.2 cm³/mol. The van der Waals surface area contributed by atoms with E-state index < -0.39 is 0 Å². The van der Waals surface area contributed by atoms with E-state index in [0.717, 1.165) is 11.4 Å². The van der Waals surface area contributed by atoms with Crippen molar-refractivity contribution in [2.24, 2.45) is 0 Å². The summed E-state index contributed by atoms with van der Waals surface area (Å²) < 4.78 is 4.96. The Morgan fingerprint density at radius 1 is 1.27 bits per heavy atom. The second kappa shape index (κ2) is 7.26. The van der Waals surface area contributed by atoms with Crippen molar-refractivity contribution in [3.63, 3.8) is 0 Å². The molecule has 2 N–H and O–H groups in total. The minimum atomic E-state index is -0.296. The number of carbonyl (C=O) groups is 1. The lowest BCUT2D eigenvalue weighted by Crippen LogP contribution is -2.28. The number of anilines is 2. The van der Waals surface area contributed by atoms with Gasteiger partial charge in [-0.2, -0.15) is 0 Å². The highest BCUT2D eigenvalue weighted by atomic mass is 16.5. The molecule has 7 heteroatoms. The average molecular weight is 301 g/mol. The van der Waals surface area contributed by atoms with E-state index in [1.165, 1.54) is 6.20 Å². The Hall–Kier alpha value is -2.83. The van der Waals surface area contributed by atoms with E-state index in [1.54, 1.807) is 25.4 Å². The maximum Gasteiger partial charge on any atom is 0.319 e. The molecule has 116 valence electrons. The molecule has 2 amide bonds. The summed E-state index contributed by atoms with van der Waals surface area (Å²) in [7, 11) is 5.38.